The van der Waals surface area contributed by atoms with E-state index in [1.807, 2.05) is 36.4 Å². The van der Waals surface area contributed by atoms with Gasteiger partial charge in [-0.25, -0.2) is 0 Å². The van der Waals surface area contributed by atoms with Crippen molar-refractivity contribution in [1.29, 1.82) is 0 Å². The van der Waals surface area contributed by atoms with Crippen LogP contribution in [0.3, 0.4) is 0 Å². The lowest BCUT2D eigenvalue weighted by atomic mass is 9.86. The number of halogens is 1. The lowest BCUT2D eigenvalue weighted by molar-refractivity contribution is 0.351. The first kappa shape index (κ1) is 21.0. The minimum atomic E-state index is -0.892. The monoisotopic (exact) mass is 506 g/mol. The first-order valence-electron chi connectivity index (χ1n) is 10.1. The van der Waals surface area contributed by atoms with Crippen LogP contribution in [0.5, 0.6) is 34.5 Å². The molecule has 0 aromatic heterocycles. The average molecular weight is 507 g/mol. The van der Waals surface area contributed by atoms with Crippen LogP contribution in [-0.4, -0.2) is 30.6 Å². The number of rotatable bonds is 1. The summed E-state index contributed by atoms with van der Waals surface area (Å²) in [5.41, 5.74) is 1.77. The van der Waals surface area contributed by atoms with Crippen LogP contribution in [0, 0.1) is 13.8 Å². The van der Waals surface area contributed by atoms with E-state index in [2.05, 4.69) is 15.9 Å². The van der Waals surface area contributed by atoms with E-state index in [0.717, 1.165) is 10.8 Å². The Bertz CT molecular complexity index is 1570. The summed E-state index contributed by atoms with van der Waals surface area (Å²) in [7, 11) is 0. The predicted molar refractivity (Wildman–Crippen MR) is 132 cm³/mol. The highest BCUT2D eigenvalue weighted by molar-refractivity contribution is 9.10. The summed E-state index contributed by atoms with van der Waals surface area (Å²) in [6.45, 7) is 3.32. The van der Waals surface area contributed by atoms with E-state index in [4.69, 9.17) is 0 Å². The highest BCUT2D eigenvalue weighted by Crippen LogP contribution is 2.59. The van der Waals surface area contributed by atoms with E-state index in [1.54, 1.807) is 19.9 Å². The van der Waals surface area contributed by atoms with Crippen LogP contribution < -0.4 is 0 Å². The molecule has 33 heavy (non-hydrogen) atoms. The van der Waals surface area contributed by atoms with Gasteiger partial charge in [0.2, 0.25) is 11.5 Å². The Morgan fingerprint density at radius 1 is 0.545 bits per heavy atom. The van der Waals surface area contributed by atoms with E-state index < -0.39 is 23.0 Å². The molecule has 0 bridgehead atoms. The smallest absolute Gasteiger partial charge is 0.204 e. The predicted octanol–water partition coefficient (Wildman–Crippen LogP) is 6.43. The summed E-state index contributed by atoms with van der Waals surface area (Å²) in [5, 5.41) is 66.8. The summed E-state index contributed by atoms with van der Waals surface area (Å²) < 4.78 is 0.149. The minimum absolute atomic E-state index is 0.0106. The zero-order valence-corrected chi connectivity index (χ0v) is 19.2. The molecule has 0 atom stereocenters. The average Bonchev–Trinajstić information content (AvgIpc) is 2.82. The van der Waals surface area contributed by atoms with Gasteiger partial charge in [0.25, 0.3) is 0 Å². The van der Waals surface area contributed by atoms with Gasteiger partial charge in [0.1, 0.15) is 11.5 Å². The maximum absolute atomic E-state index is 11.3. The Labute approximate surface area is 196 Å². The third-order valence-electron chi connectivity index (χ3n) is 6.39. The second kappa shape index (κ2) is 7.08. The number of fused-ring (bicyclic) bond motifs is 3. The Hall–Kier alpha value is -3.84. The molecule has 0 saturated carbocycles. The van der Waals surface area contributed by atoms with Crippen molar-refractivity contribution in [3.8, 4) is 45.6 Å². The van der Waals surface area contributed by atoms with Crippen molar-refractivity contribution in [1.82, 2.24) is 0 Å². The summed E-state index contributed by atoms with van der Waals surface area (Å²) in [6.07, 6.45) is 0. The molecule has 0 aliphatic rings. The van der Waals surface area contributed by atoms with E-state index in [1.165, 1.54) is 0 Å². The third kappa shape index (κ3) is 2.66. The molecule has 0 heterocycles. The SMILES string of the molecule is Cc1c(C)c(O)c2c(-c3cccc4ccccc34)c3c(O)c(O)c(O)c(O)c3c(Br)c2c1O. The van der Waals surface area contributed by atoms with Crippen molar-refractivity contribution in [2.24, 2.45) is 0 Å². The molecule has 0 aliphatic heterocycles. The summed E-state index contributed by atoms with van der Waals surface area (Å²) >= 11 is 3.39. The summed E-state index contributed by atoms with van der Waals surface area (Å²) in [5.74, 6) is -3.35. The van der Waals surface area contributed by atoms with Crippen molar-refractivity contribution < 1.29 is 30.6 Å². The second-order valence-electron chi connectivity index (χ2n) is 8.06. The quantitative estimate of drug-likeness (QED) is 0.0884. The molecule has 7 heteroatoms. The molecule has 0 spiro atoms. The summed E-state index contributed by atoms with van der Waals surface area (Å²) in [6, 6.07) is 13.0. The van der Waals surface area contributed by atoms with Crippen molar-refractivity contribution in [3.63, 3.8) is 0 Å². The molecular formula is C26H19BrO6. The highest BCUT2D eigenvalue weighted by atomic mass is 79.9. The molecule has 5 aromatic rings. The van der Waals surface area contributed by atoms with Crippen LogP contribution >= 0.6 is 15.9 Å². The Morgan fingerprint density at radius 2 is 1.03 bits per heavy atom. The standard InChI is InChI=1S/C26H19BrO6/c1-10-11(2)22(29)18-16(21(10)28)15(14-9-5-7-12-6-3-4-8-13(12)14)17-19(20(18)27)24(31)26(33)25(32)23(17)30/h3-9,28-33H,1-2H3. The molecule has 0 aliphatic carbocycles. The van der Waals surface area contributed by atoms with Crippen molar-refractivity contribution >= 4 is 48.2 Å². The van der Waals surface area contributed by atoms with Crippen LogP contribution in [-0.2, 0) is 0 Å². The van der Waals surface area contributed by atoms with Crippen molar-refractivity contribution in [2.75, 3.05) is 0 Å². The minimum Gasteiger partial charge on any atom is -0.507 e. The fraction of sp³-hybridized carbons (Fsp3) is 0.0769. The second-order valence-corrected chi connectivity index (χ2v) is 8.85. The molecule has 5 aromatic carbocycles. The van der Waals surface area contributed by atoms with Gasteiger partial charge in [0.05, 0.1) is 0 Å². The first-order chi connectivity index (χ1) is 15.7. The molecule has 5 rings (SSSR count). The largest absolute Gasteiger partial charge is 0.507 e. The van der Waals surface area contributed by atoms with Gasteiger partial charge in [-0.1, -0.05) is 42.5 Å². The van der Waals surface area contributed by atoms with Gasteiger partial charge >= 0.3 is 0 Å². The molecular weight excluding hydrogens is 488 g/mol. The van der Waals surface area contributed by atoms with Crippen molar-refractivity contribution in [3.05, 3.63) is 58.1 Å². The van der Waals surface area contributed by atoms with Gasteiger partial charge < -0.3 is 30.6 Å². The Balaban J connectivity index is 2.23. The normalized spacial score (nSPS) is 11.6. The molecule has 0 unspecified atom stereocenters. The van der Waals surface area contributed by atoms with Gasteiger partial charge in [-0.3, -0.25) is 0 Å². The fourth-order valence-corrected chi connectivity index (χ4v) is 5.31. The molecule has 0 saturated heterocycles. The molecule has 0 fully saturated rings. The fourth-order valence-electron chi connectivity index (χ4n) is 4.54. The van der Waals surface area contributed by atoms with Gasteiger partial charge in [-0.15, -0.1) is 0 Å². The van der Waals surface area contributed by atoms with Gasteiger partial charge in [0, 0.05) is 31.6 Å². The number of hydrogen-bond acceptors (Lipinski definition) is 6. The lowest BCUT2D eigenvalue weighted by Gasteiger charge is -2.22. The maximum Gasteiger partial charge on any atom is 0.204 e. The summed E-state index contributed by atoms with van der Waals surface area (Å²) in [4.78, 5) is 0. The van der Waals surface area contributed by atoms with E-state index in [9.17, 15) is 30.6 Å². The topological polar surface area (TPSA) is 121 Å². The van der Waals surface area contributed by atoms with E-state index in [-0.39, 0.29) is 37.5 Å². The number of aromatic hydroxyl groups is 6. The van der Waals surface area contributed by atoms with Crippen LogP contribution in [0.4, 0.5) is 0 Å². The Kier molecular flexibility index (Phi) is 4.51. The van der Waals surface area contributed by atoms with Crippen LogP contribution in [0.1, 0.15) is 11.1 Å². The molecule has 0 radical (unpaired) electrons. The van der Waals surface area contributed by atoms with E-state index >= 15 is 0 Å². The molecule has 166 valence electrons. The highest BCUT2D eigenvalue weighted by Gasteiger charge is 2.30. The van der Waals surface area contributed by atoms with Gasteiger partial charge in [-0.05, 0) is 57.2 Å². The maximum atomic E-state index is 11.3. The Morgan fingerprint density at radius 3 is 1.70 bits per heavy atom. The number of benzene rings is 5. The van der Waals surface area contributed by atoms with Crippen molar-refractivity contribution in [2.45, 2.75) is 13.8 Å². The number of phenols is 6. The molecule has 6 nitrogen and oxygen atoms in total. The van der Waals surface area contributed by atoms with Gasteiger partial charge in [0.15, 0.2) is 11.5 Å². The van der Waals surface area contributed by atoms with Gasteiger partial charge in [-0.2, -0.15) is 0 Å². The van der Waals surface area contributed by atoms with Crippen LogP contribution in [0.15, 0.2) is 46.9 Å². The molecule has 6 N–H and O–H groups in total. The van der Waals surface area contributed by atoms with E-state index in [0.29, 0.717) is 22.3 Å². The third-order valence-corrected chi connectivity index (χ3v) is 7.18. The lowest BCUT2D eigenvalue weighted by Crippen LogP contribution is -1.95. The van der Waals surface area contributed by atoms with Crippen LogP contribution in [0.25, 0.3) is 43.4 Å². The zero-order valence-electron chi connectivity index (χ0n) is 17.6. The van der Waals surface area contributed by atoms with Crippen LogP contribution in [0.2, 0.25) is 0 Å². The number of hydrogen-bond donors (Lipinski definition) is 6. The zero-order chi connectivity index (χ0) is 23.8. The molecule has 0 amide bonds. The first-order valence-corrected chi connectivity index (χ1v) is 10.9. The number of phenolic OH excluding ortho intramolecular Hbond substituents is 6.